The molecule has 1 nitrogen and oxygen atoms in total. The van der Waals surface area contributed by atoms with E-state index in [2.05, 4.69) is 31.2 Å². The van der Waals surface area contributed by atoms with Gasteiger partial charge < -0.3 is 5.73 Å². The smallest absolute Gasteiger partial charge is 0.00773 e. The van der Waals surface area contributed by atoms with Gasteiger partial charge in [-0.3, -0.25) is 0 Å². The highest BCUT2D eigenvalue weighted by Gasteiger charge is 2.02. The third-order valence-electron chi connectivity index (χ3n) is 5.57. The van der Waals surface area contributed by atoms with Gasteiger partial charge in [-0.2, -0.15) is 0 Å². The molecule has 0 aliphatic rings. The Morgan fingerprint density at radius 2 is 0.923 bits per heavy atom. The van der Waals surface area contributed by atoms with E-state index in [1.165, 1.54) is 109 Å². The van der Waals surface area contributed by atoms with E-state index in [1.54, 1.807) is 11.1 Å². The molecule has 0 aliphatic carbocycles. The average molecular weight is 360 g/mol. The first-order valence-corrected chi connectivity index (χ1v) is 11.6. The Kier molecular flexibility index (Phi) is 15.7. The first-order chi connectivity index (χ1) is 12.9. The van der Waals surface area contributed by atoms with Crippen LogP contribution in [0.4, 0.5) is 0 Å². The Morgan fingerprint density at radius 1 is 0.538 bits per heavy atom. The van der Waals surface area contributed by atoms with Crippen molar-refractivity contribution in [2.75, 3.05) is 6.54 Å². The van der Waals surface area contributed by atoms with E-state index in [9.17, 15) is 0 Å². The first kappa shape index (κ1) is 23.2. The molecule has 0 bridgehead atoms. The Bertz CT molecular complexity index is 412. The highest BCUT2D eigenvalue weighted by molar-refractivity contribution is 5.27. The molecule has 0 aromatic heterocycles. The predicted octanol–water partition coefficient (Wildman–Crippen LogP) is 7.60. The van der Waals surface area contributed by atoms with Crippen molar-refractivity contribution in [1.82, 2.24) is 0 Å². The van der Waals surface area contributed by atoms with E-state index in [-0.39, 0.29) is 0 Å². The van der Waals surface area contributed by atoms with Crippen LogP contribution in [0.25, 0.3) is 0 Å². The molecule has 26 heavy (non-hydrogen) atoms. The molecule has 0 radical (unpaired) electrons. The van der Waals surface area contributed by atoms with Crippen LogP contribution < -0.4 is 5.73 Å². The van der Waals surface area contributed by atoms with Crippen LogP contribution in [0.5, 0.6) is 0 Å². The maximum Gasteiger partial charge on any atom is -0.00773 e. The number of nitrogens with two attached hydrogens (primary N) is 1. The third-order valence-corrected chi connectivity index (χ3v) is 5.57. The monoisotopic (exact) mass is 359 g/mol. The average Bonchev–Trinajstić information content (AvgIpc) is 2.67. The molecular weight excluding hydrogens is 314 g/mol. The highest BCUT2D eigenvalue weighted by atomic mass is 14.5. The molecule has 2 N–H and O–H groups in total. The van der Waals surface area contributed by atoms with Crippen molar-refractivity contribution in [2.24, 2.45) is 5.73 Å². The summed E-state index contributed by atoms with van der Waals surface area (Å²) >= 11 is 0. The summed E-state index contributed by atoms with van der Waals surface area (Å²) in [5.74, 6) is 0. The lowest BCUT2D eigenvalue weighted by Gasteiger charge is -2.09. The van der Waals surface area contributed by atoms with Gasteiger partial charge in [0.25, 0.3) is 0 Å². The van der Waals surface area contributed by atoms with Gasteiger partial charge in [0.15, 0.2) is 0 Å². The summed E-state index contributed by atoms with van der Waals surface area (Å²) < 4.78 is 0. The molecule has 1 heteroatoms. The minimum absolute atomic E-state index is 0.864. The Morgan fingerprint density at radius 3 is 1.35 bits per heavy atom. The molecule has 0 heterocycles. The molecular formula is C25H45N. The number of aryl methyl sites for hydroxylation is 2. The predicted molar refractivity (Wildman–Crippen MR) is 118 cm³/mol. The van der Waals surface area contributed by atoms with Crippen molar-refractivity contribution >= 4 is 0 Å². The number of benzene rings is 1. The molecule has 0 unspecified atom stereocenters. The fraction of sp³-hybridized carbons (Fsp3) is 0.760. The van der Waals surface area contributed by atoms with Gasteiger partial charge in [-0.15, -0.1) is 0 Å². The van der Waals surface area contributed by atoms with E-state index in [0.29, 0.717) is 0 Å². The Hall–Kier alpha value is -0.820. The van der Waals surface area contributed by atoms with Crippen LogP contribution in [0.15, 0.2) is 24.3 Å². The summed E-state index contributed by atoms with van der Waals surface area (Å²) in [7, 11) is 0. The molecule has 0 saturated carbocycles. The summed E-state index contributed by atoms with van der Waals surface area (Å²) in [6.45, 7) is 3.15. The lowest BCUT2D eigenvalue weighted by atomic mass is 9.96. The zero-order valence-corrected chi connectivity index (χ0v) is 17.6. The van der Waals surface area contributed by atoms with E-state index < -0.39 is 0 Å². The minimum Gasteiger partial charge on any atom is -0.330 e. The van der Waals surface area contributed by atoms with Crippen LogP contribution in [-0.2, 0) is 12.8 Å². The van der Waals surface area contributed by atoms with Gasteiger partial charge in [-0.25, -0.2) is 0 Å². The van der Waals surface area contributed by atoms with Gasteiger partial charge in [0.05, 0.1) is 0 Å². The Labute approximate surface area is 164 Å². The number of hydrogen-bond acceptors (Lipinski definition) is 1. The lowest BCUT2D eigenvalue weighted by molar-refractivity contribution is 0.546. The van der Waals surface area contributed by atoms with Gasteiger partial charge >= 0.3 is 0 Å². The number of unbranched alkanes of at least 4 members (excludes halogenated alkanes) is 13. The van der Waals surface area contributed by atoms with Crippen LogP contribution in [0.3, 0.4) is 0 Å². The molecule has 0 saturated heterocycles. The molecule has 150 valence electrons. The van der Waals surface area contributed by atoms with Crippen molar-refractivity contribution in [3.63, 3.8) is 0 Å². The van der Waals surface area contributed by atoms with E-state index >= 15 is 0 Å². The van der Waals surface area contributed by atoms with Crippen LogP contribution in [0.1, 0.15) is 114 Å². The summed E-state index contributed by atoms with van der Waals surface area (Å²) in [6.07, 6.45) is 23.3. The molecule has 0 spiro atoms. The topological polar surface area (TPSA) is 26.0 Å². The Balaban J connectivity index is 2.00. The maximum atomic E-state index is 5.53. The first-order valence-electron chi connectivity index (χ1n) is 11.6. The van der Waals surface area contributed by atoms with Crippen molar-refractivity contribution in [1.29, 1.82) is 0 Å². The van der Waals surface area contributed by atoms with Crippen LogP contribution in [0, 0.1) is 0 Å². The van der Waals surface area contributed by atoms with Crippen molar-refractivity contribution in [3.8, 4) is 0 Å². The van der Waals surface area contributed by atoms with Gasteiger partial charge in [0.1, 0.15) is 0 Å². The van der Waals surface area contributed by atoms with Gasteiger partial charge in [-0.1, -0.05) is 108 Å². The van der Waals surface area contributed by atoms with Crippen LogP contribution in [-0.4, -0.2) is 6.54 Å². The van der Waals surface area contributed by atoms with Gasteiger partial charge in [-0.05, 0) is 49.8 Å². The summed E-state index contributed by atoms with van der Waals surface area (Å²) in [5, 5.41) is 0. The second-order valence-corrected chi connectivity index (χ2v) is 8.01. The standard InChI is InChI=1S/C25H45N/c1-2-3-4-14-19-24-21-16-17-22-25(24)20-15-12-10-8-6-5-7-9-11-13-18-23-26/h16-17,21-22H,2-15,18-20,23,26H2,1H3. The molecule has 1 aromatic rings. The van der Waals surface area contributed by atoms with Crippen molar-refractivity contribution < 1.29 is 0 Å². The molecule has 0 aliphatic heterocycles. The van der Waals surface area contributed by atoms with E-state index in [4.69, 9.17) is 5.73 Å². The lowest BCUT2D eigenvalue weighted by Crippen LogP contribution is -1.97. The zero-order chi connectivity index (χ0) is 18.7. The van der Waals surface area contributed by atoms with Gasteiger partial charge in [0, 0.05) is 0 Å². The molecule has 0 fully saturated rings. The molecule has 1 rings (SSSR count). The largest absolute Gasteiger partial charge is 0.330 e. The SMILES string of the molecule is CCCCCCc1ccccc1CCCCCCCCCCCCCN. The van der Waals surface area contributed by atoms with Crippen molar-refractivity contribution in [2.45, 2.75) is 116 Å². The van der Waals surface area contributed by atoms with Crippen LogP contribution in [0.2, 0.25) is 0 Å². The van der Waals surface area contributed by atoms with Crippen LogP contribution >= 0.6 is 0 Å². The third kappa shape index (κ3) is 12.5. The number of rotatable bonds is 18. The quantitative estimate of drug-likeness (QED) is 0.268. The van der Waals surface area contributed by atoms with Gasteiger partial charge in [0.2, 0.25) is 0 Å². The minimum atomic E-state index is 0.864. The summed E-state index contributed by atoms with van der Waals surface area (Å²) in [5.41, 5.74) is 8.75. The fourth-order valence-corrected chi connectivity index (χ4v) is 3.84. The fourth-order valence-electron chi connectivity index (χ4n) is 3.84. The summed E-state index contributed by atoms with van der Waals surface area (Å²) in [4.78, 5) is 0. The molecule has 1 aromatic carbocycles. The second kappa shape index (κ2) is 17.6. The molecule has 0 amide bonds. The van der Waals surface area contributed by atoms with Crippen molar-refractivity contribution in [3.05, 3.63) is 35.4 Å². The number of hydrogen-bond donors (Lipinski definition) is 1. The second-order valence-electron chi connectivity index (χ2n) is 8.01. The maximum absolute atomic E-state index is 5.53. The van der Waals surface area contributed by atoms with E-state index in [0.717, 1.165) is 6.54 Å². The normalized spacial score (nSPS) is 11.2. The molecule has 0 atom stereocenters. The van der Waals surface area contributed by atoms with E-state index in [1.807, 2.05) is 0 Å². The summed E-state index contributed by atoms with van der Waals surface area (Å²) in [6, 6.07) is 9.15. The highest BCUT2D eigenvalue weighted by Crippen LogP contribution is 2.17. The zero-order valence-electron chi connectivity index (χ0n) is 17.6.